The predicted molar refractivity (Wildman–Crippen MR) is 122 cm³/mol. The molecule has 0 saturated heterocycles. The monoisotopic (exact) mass is 471 g/mol. The van der Waals surface area contributed by atoms with Gasteiger partial charge in [-0.2, -0.15) is 0 Å². The Kier molecular flexibility index (Phi) is 6.36. The van der Waals surface area contributed by atoms with Gasteiger partial charge in [-0.25, -0.2) is 22.8 Å². The lowest BCUT2D eigenvalue weighted by Gasteiger charge is -2.11. The zero-order valence-electron chi connectivity index (χ0n) is 16.8. The van der Waals surface area contributed by atoms with E-state index in [-0.39, 0.29) is 22.8 Å². The van der Waals surface area contributed by atoms with E-state index in [1.807, 2.05) is 0 Å². The zero-order valence-corrected chi connectivity index (χ0v) is 18.4. The molecule has 0 aliphatic carbocycles. The van der Waals surface area contributed by atoms with Gasteiger partial charge in [-0.1, -0.05) is 29.8 Å². The fourth-order valence-corrected chi connectivity index (χ4v) is 4.86. The number of fused-ring (bicyclic) bond motifs is 1. The van der Waals surface area contributed by atoms with Gasteiger partial charge in [-0.15, -0.1) is 0 Å². The Morgan fingerprint density at radius 1 is 1.00 bits per heavy atom. The second kappa shape index (κ2) is 9.20. The van der Waals surface area contributed by atoms with Crippen LogP contribution >= 0.6 is 11.6 Å². The maximum absolute atomic E-state index is 14.7. The van der Waals surface area contributed by atoms with Crippen molar-refractivity contribution in [1.82, 2.24) is 9.97 Å². The number of para-hydroxylation sites is 1. The van der Waals surface area contributed by atoms with Crippen molar-refractivity contribution in [1.29, 1.82) is 0 Å². The molecular weight excluding hydrogens is 453 g/mol. The van der Waals surface area contributed by atoms with Gasteiger partial charge < -0.3 is 10.5 Å². The number of ether oxygens (including phenoxy) is 1. The smallest absolute Gasteiger partial charge is 0.178 e. The molecule has 0 atom stereocenters. The van der Waals surface area contributed by atoms with Gasteiger partial charge in [0.25, 0.3) is 0 Å². The number of aromatic nitrogens is 2. The molecular formula is C23H19ClFN3O3S. The highest BCUT2D eigenvalue weighted by Crippen LogP contribution is 2.34. The lowest BCUT2D eigenvalue weighted by molar-refractivity contribution is 0.479. The molecule has 0 aliphatic heterocycles. The molecule has 6 nitrogen and oxygen atoms in total. The molecule has 1 heterocycles. The summed E-state index contributed by atoms with van der Waals surface area (Å²) in [7, 11) is -3.47. The maximum atomic E-state index is 14.7. The highest BCUT2D eigenvalue weighted by Gasteiger charge is 2.16. The van der Waals surface area contributed by atoms with Crippen molar-refractivity contribution in [2.45, 2.75) is 11.3 Å². The molecule has 4 rings (SSSR count). The van der Waals surface area contributed by atoms with E-state index in [1.165, 1.54) is 36.7 Å². The minimum atomic E-state index is -3.47. The number of sulfone groups is 1. The third kappa shape index (κ3) is 4.57. The molecule has 0 amide bonds. The van der Waals surface area contributed by atoms with E-state index in [1.54, 1.807) is 30.3 Å². The Balaban J connectivity index is 1.70. The van der Waals surface area contributed by atoms with Crippen molar-refractivity contribution < 1.29 is 17.5 Å². The summed E-state index contributed by atoms with van der Waals surface area (Å²) in [6, 6.07) is 15.6. The number of hydrogen-bond donors (Lipinski definition) is 1. The van der Waals surface area contributed by atoms with Gasteiger partial charge in [-0.3, -0.25) is 0 Å². The lowest BCUT2D eigenvalue weighted by atomic mass is 10.1. The standard InChI is InChI=1S/C23H19ClFN3O3S/c24-20-7-2-6-18-22(27-14-28-23(18)20)19-13-16(8-9-21(19)25)31-15-4-1-5-17(12-15)32(29,30)11-3-10-26/h1-2,4-9,12-14H,3,10-11,26H2. The van der Waals surface area contributed by atoms with E-state index in [9.17, 15) is 12.8 Å². The highest BCUT2D eigenvalue weighted by molar-refractivity contribution is 7.91. The Hall–Kier alpha value is -3.07. The number of benzene rings is 3. The third-order valence-corrected chi connectivity index (χ3v) is 6.93. The SMILES string of the molecule is NCCCS(=O)(=O)c1cccc(Oc2ccc(F)c(-c3ncnc4c(Cl)cccc34)c2)c1. The summed E-state index contributed by atoms with van der Waals surface area (Å²) in [5.41, 5.74) is 6.53. The summed E-state index contributed by atoms with van der Waals surface area (Å²) in [5.74, 6) is 0.103. The molecule has 0 bridgehead atoms. The van der Waals surface area contributed by atoms with E-state index in [4.69, 9.17) is 22.1 Å². The first kappa shape index (κ1) is 22.1. The van der Waals surface area contributed by atoms with Crippen molar-refractivity contribution in [3.8, 4) is 22.8 Å². The minimum absolute atomic E-state index is 0.0446. The van der Waals surface area contributed by atoms with Crippen LogP contribution in [0.3, 0.4) is 0 Å². The number of nitrogens with two attached hydrogens (primary N) is 1. The van der Waals surface area contributed by atoms with Crippen LogP contribution in [-0.4, -0.2) is 30.7 Å². The quantitative estimate of drug-likeness (QED) is 0.407. The van der Waals surface area contributed by atoms with Crippen LogP contribution in [0.1, 0.15) is 6.42 Å². The highest BCUT2D eigenvalue weighted by atomic mass is 35.5. The van der Waals surface area contributed by atoms with Gasteiger partial charge in [0.1, 0.15) is 23.6 Å². The molecule has 0 fully saturated rings. The van der Waals surface area contributed by atoms with E-state index in [0.29, 0.717) is 39.5 Å². The van der Waals surface area contributed by atoms with Crippen molar-refractivity contribution in [3.05, 3.63) is 77.8 Å². The molecule has 0 spiro atoms. The predicted octanol–water partition coefficient (Wildman–Crippen LogP) is 5.00. The van der Waals surface area contributed by atoms with E-state index in [2.05, 4.69) is 9.97 Å². The Bertz CT molecular complexity index is 1400. The Morgan fingerprint density at radius 3 is 2.59 bits per heavy atom. The maximum Gasteiger partial charge on any atom is 0.178 e. The molecule has 3 aromatic carbocycles. The normalized spacial score (nSPS) is 11.6. The zero-order chi connectivity index (χ0) is 22.7. The van der Waals surface area contributed by atoms with Crippen molar-refractivity contribution in [2.75, 3.05) is 12.3 Å². The Morgan fingerprint density at radius 2 is 1.78 bits per heavy atom. The fourth-order valence-electron chi connectivity index (χ4n) is 3.27. The van der Waals surface area contributed by atoms with Crippen LogP contribution in [-0.2, 0) is 9.84 Å². The fraction of sp³-hybridized carbons (Fsp3) is 0.130. The molecule has 164 valence electrons. The van der Waals surface area contributed by atoms with Gasteiger partial charge in [-0.05, 0) is 55.4 Å². The van der Waals surface area contributed by atoms with E-state index in [0.717, 1.165) is 0 Å². The van der Waals surface area contributed by atoms with Crippen LogP contribution in [0.15, 0.2) is 71.9 Å². The molecule has 2 N–H and O–H groups in total. The minimum Gasteiger partial charge on any atom is -0.457 e. The molecule has 9 heteroatoms. The largest absolute Gasteiger partial charge is 0.457 e. The first-order valence-corrected chi connectivity index (χ1v) is 11.8. The molecule has 4 aromatic rings. The number of nitrogens with zero attached hydrogens (tertiary/aromatic N) is 2. The van der Waals surface area contributed by atoms with Crippen molar-refractivity contribution in [2.24, 2.45) is 5.73 Å². The summed E-state index contributed by atoms with van der Waals surface area (Å²) >= 11 is 6.21. The van der Waals surface area contributed by atoms with Gasteiger partial charge in [0.05, 0.1) is 26.9 Å². The van der Waals surface area contributed by atoms with Crippen molar-refractivity contribution >= 4 is 32.3 Å². The average molecular weight is 472 g/mol. The second-order valence-electron chi connectivity index (χ2n) is 7.04. The summed E-state index contributed by atoms with van der Waals surface area (Å²) in [6.45, 7) is 0.288. The summed E-state index contributed by atoms with van der Waals surface area (Å²) in [5, 5.41) is 1.04. The topological polar surface area (TPSA) is 95.2 Å². The second-order valence-corrected chi connectivity index (χ2v) is 9.55. The van der Waals surface area contributed by atoms with Crippen LogP contribution in [0.4, 0.5) is 4.39 Å². The molecule has 0 saturated carbocycles. The molecule has 1 aromatic heterocycles. The Labute approximate surface area is 189 Å². The van der Waals surface area contributed by atoms with Crippen LogP contribution in [0, 0.1) is 5.82 Å². The van der Waals surface area contributed by atoms with Crippen LogP contribution in [0.2, 0.25) is 5.02 Å². The summed E-state index contributed by atoms with van der Waals surface area (Å²) < 4.78 is 45.5. The first-order valence-electron chi connectivity index (χ1n) is 9.79. The van der Waals surface area contributed by atoms with E-state index >= 15 is 0 Å². The van der Waals surface area contributed by atoms with Crippen LogP contribution < -0.4 is 10.5 Å². The molecule has 32 heavy (non-hydrogen) atoms. The average Bonchev–Trinajstić information content (AvgIpc) is 2.79. The van der Waals surface area contributed by atoms with Crippen LogP contribution in [0.25, 0.3) is 22.2 Å². The first-order chi connectivity index (χ1) is 15.4. The van der Waals surface area contributed by atoms with Gasteiger partial charge in [0, 0.05) is 10.9 Å². The van der Waals surface area contributed by atoms with Crippen molar-refractivity contribution in [3.63, 3.8) is 0 Å². The summed E-state index contributed by atoms with van der Waals surface area (Å²) in [6.07, 6.45) is 1.69. The summed E-state index contributed by atoms with van der Waals surface area (Å²) in [4.78, 5) is 8.57. The number of halogens is 2. The number of rotatable bonds is 7. The molecule has 0 aliphatic rings. The van der Waals surface area contributed by atoms with Gasteiger partial charge in [0.2, 0.25) is 0 Å². The van der Waals surface area contributed by atoms with Gasteiger partial charge >= 0.3 is 0 Å². The van der Waals surface area contributed by atoms with Gasteiger partial charge in [0.15, 0.2) is 9.84 Å². The molecule has 0 unspecified atom stereocenters. The van der Waals surface area contributed by atoms with Crippen LogP contribution in [0.5, 0.6) is 11.5 Å². The number of hydrogen-bond acceptors (Lipinski definition) is 6. The molecule has 0 radical (unpaired) electrons. The third-order valence-electron chi connectivity index (χ3n) is 4.83. The lowest BCUT2D eigenvalue weighted by Crippen LogP contribution is -2.11. The van der Waals surface area contributed by atoms with E-state index < -0.39 is 15.7 Å².